The van der Waals surface area contributed by atoms with Crippen molar-refractivity contribution in [1.82, 2.24) is 0 Å². The summed E-state index contributed by atoms with van der Waals surface area (Å²) < 4.78 is 13.6. The van der Waals surface area contributed by atoms with E-state index in [1.54, 1.807) is 0 Å². The van der Waals surface area contributed by atoms with Crippen LogP contribution in [0, 0.1) is 22.9 Å². The van der Waals surface area contributed by atoms with Crippen LogP contribution >= 0.6 is 11.6 Å². The van der Waals surface area contributed by atoms with Crippen molar-refractivity contribution in [3.05, 3.63) is 68.5 Å². The number of anilines is 1. The van der Waals surface area contributed by atoms with Gasteiger partial charge in [0.05, 0.1) is 9.95 Å². The largest absolute Gasteiger partial charge is 0.373 e. The highest BCUT2D eigenvalue weighted by atomic mass is 35.5. The molecule has 0 bridgehead atoms. The van der Waals surface area contributed by atoms with Crippen LogP contribution in [0.2, 0.25) is 5.02 Å². The van der Waals surface area contributed by atoms with Crippen LogP contribution < -0.4 is 5.32 Å². The van der Waals surface area contributed by atoms with Gasteiger partial charge >= 0.3 is 0 Å². The lowest BCUT2D eigenvalue weighted by Crippen LogP contribution is -2.10. The monoisotopic (exact) mass is 308 g/mol. The summed E-state index contributed by atoms with van der Waals surface area (Å²) >= 11 is 5.60. The van der Waals surface area contributed by atoms with Crippen LogP contribution in [0.1, 0.15) is 24.1 Å². The molecule has 6 heteroatoms. The lowest BCUT2D eigenvalue weighted by molar-refractivity contribution is -0.384. The molecule has 0 heterocycles. The van der Waals surface area contributed by atoms with Gasteiger partial charge in [0.2, 0.25) is 0 Å². The Kier molecular flexibility index (Phi) is 4.43. The first-order chi connectivity index (χ1) is 9.90. The van der Waals surface area contributed by atoms with Crippen molar-refractivity contribution in [2.45, 2.75) is 19.9 Å². The minimum atomic E-state index is -0.693. The number of nitrogens with zero attached hydrogens (tertiary/aromatic N) is 1. The average Bonchev–Trinajstić information content (AvgIpc) is 2.42. The van der Waals surface area contributed by atoms with Crippen molar-refractivity contribution in [1.29, 1.82) is 0 Å². The van der Waals surface area contributed by atoms with Crippen LogP contribution in [0.3, 0.4) is 0 Å². The quantitative estimate of drug-likeness (QED) is 0.647. The molecule has 0 saturated carbocycles. The number of aryl methyl sites for hydroxylation is 1. The van der Waals surface area contributed by atoms with Gasteiger partial charge in [-0.3, -0.25) is 10.1 Å². The summed E-state index contributed by atoms with van der Waals surface area (Å²) in [6, 6.07) is 9.53. The second-order valence-electron chi connectivity index (χ2n) is 4.76. The third kappa shape index (κ3) is 3.31. The number of hydrogen-bond acceptors (Lipinski definition) is 3. The fraction of sp³-hybridized carbons (Fsp3) is 0.200. The molecule has 0 amide bonds. The molecule has 0 aromatic heterocycles. The maximum atomic E-state index is 13.6. The van der Waals surface area contributed by atoms with Crippen LogP contribution in [-0.2, 0) is 0 Å². The number of halogens is 2. The molecule has 21 heavy (non-hydrogen) atoms. The van der Waals surface area contributed by atoms with Crippen LogP contribution in [0.5, 0.6) is 0 Å². The predicted molar refractivity (Wildman–Crippen MR) is 81.3 cm³/mol. The molecule has 0 saturated heterocycles. The number of benzene rings is 2. The van der Waals surface area contributed by atoms with E-state index >= 15 is 0 Å². The Bertz CT molecular complexity index is 691. The third-order valence-corrected chi connectivity index (χ3v) is 3.55. The van der Waals surface area contributed by atoms with E-state index in [1.165, 1.54) is 0 Å². The highest BCUT2D eigenvalue weighted by molar-refractivity contribution is 6.31. The summed E-state index contributed by atoms with van der Waals surface area (Å²) in [5, 5.41) is 13.8. The van der Waals surface area contributed by atoms with Gasteiger partial charge in [0.15, 0.2) is 0 Å². The molecule has 4 nitrogen and oxygen atoms in total. The van der Waals surface area contributed by atoms with Gasteiger partial charge in [-0.25, -0.2) is 4.39 Å². The maximum Gasteiger partial charge on any atom is 0.294 e. The van der Waals surface area contributed by atoms with Crippen LogP contribution in [0.25, 0.3) is 0 Å². The van der Waals surface area contributed by atoms with Gasteiger partial charge in [-0.2, -0.15) is 0 Å². The minimum Gasteiger partial charge on any atom is -0.373 e. The molecule has 2 rings (SSSR count). The Balaban J connectivity index is 2.37. The van der Waals surface area contributed by atoms with E-state index in [0.29, 0.717) is 0 Å². The van der Waals surface area contributed by atoms with Crippen LogP contribution in [-0.4, -0.2) is 4.92 Å². The summed E-state index contributed by atoms with van der Waals surface area (Å²) in [7, 11) is 0. The van der Waals surface area contributed by atoms with Crippen molar-refractivity contribution in [3.8, 4) is 0 Å². The van der Waals surface area contributed by atoms with E-state index in [1.807, 2.05) is 38.1 Å². The first-order valence-electron chi connectivity index (χ1n) is 6.35. The van der Waals surface area contributed by atoms with Gasteiger partial charge < -0.3 is 5.32 Å². The molecule has 0 fully saturated rings. The lowest BCUT2D eigenvalue weighted by Gasteiger charge is -2.18. The van der Waals surface area contributed by atoms with Crippen LogP contribution in [0.4, 0.5) is 15.8 Å². The summed E-state index contributed by atoms with van der Waals surface area (Å²) in [6.45, 7) is 3.81. The normalized spacial score (nSPS) is 12.0. The Morgan fingerprint density at radius 2 is 2.00 bits per heavy atom. The van der Waals surface area contributed by atoms with Crippen molar-refractivity contribution >= 4 is 23.0 Å². The topological polar surface area (TPSA) is 55.2 Å². The molecular weight excluding hydrogens is 295 g/mol. The molecule has 1 atom stereocenters. The van der Waals surface area contributed by atoms with Gasteiger partial charge in [-0.05, 0) is 25.0 Å². The fourth-order valence-electron chi connectivity index (χ4n) is 2.19. The van der Waals surface area contributed by atoms with E-state index in [-0.39, 0.29) is 22.4 Å². The van der Waals surface area contributed by atoms with E-state index < -0.39 is 10.7 Å². The van der Waals surface area contributed by atoms with Gasteiger partial charge in [-0.15, -0.1) is 0 Å². The maximum absolute atomic E-state index is 13.6. The SMILES string of the molecule is Cc1ccccc1C(C)Nc1cc(F)c(Cl)cc1[N+](=O)[O-]. The summed E-state index contributed by atoms with van der Waals surface area (Å²) in [5.74, 6) is -0.693. The first-order valence-corrected chi connectivity index (χ1v) is 6.73. The van der Waals surface area contributed by atoms with E-state index in [2.05, 4.69) is 5.32 Å². The standard InChI is InChI=1S/C15H14ClFN2O2/c1-9-5-3-4-6-11(9)10(2)18-14-8-13(17)12(16)7-15(14)19(20)21/h3-8,10,18H,1-2H3. The molecule has 2 aromatic carbocycles. The number of nitro benzene ring substituents is 1. The number of hydrogen-bond donors (Lipinski definition) is 1. The first kappa shape index (κ1) is 15.3. The van der Waals surface area contributed by atoms with Gasteiger partial charge in [0, 0.05) is 18.2 Å². The molecule has 0 aliphatic heterocycles. The zero-order chi connectivity index (χ0) is 15.6. The molecule has 0 aliphatic carbocycles. The molecule has 0 aliphatic rings. The molecule has 0 radical (unpaired) electrons. The van der Waals surface area contributed by atoms with Gasteiger partial charge in [-0.1, -0.05) is 35.9 Å². The van der Waals surface area contributed by atoms with E-state index in [0.717, 1.165) is 23.3 Å². The molecule has 110 valence electrons. The van der Waals surface area contributed by atoms with Crippen LogP contribution in [0.15, 0.2) is 36.4 Å². The molecule has 1 N–H and O–H groups in total. The van der Waals surface area contributed by atoms with Gasteiger partial charge in [0.1, 0.15) is 11.5 Å². The number of nitrogens with one attached hydrogen (secondary N) is 1. The summed E-state index contributed by atoms with van der Waals surface area (Å²) in [5.41, 5.74) is 1.90. The Hall–Kier alpha value is -2.14. The van der Waals surface area contributed by atoms with Crippen molar-refractivity contribution in [2.24, 2.45) is 0 Å². The number of rotatable bonds is 4. The molecule has 1 unspecified atom stereocenters. The van der Waals surface area contributed by atoms with Gasteiger partial charge in [0.25, 0.3) is 5.69 Å². The molecule has 0 spiro atoms. The fourth-order valence-corrected chi connectivity index (χ4v) is 2.34. The highest BCUT2D eigenvalue weighted by Gasteiger charge is 2.20. The summed E-state index contributed by atoms with van der Waals surface area (Å²) in [6.07, 6.45) is 0. The summed E-state index contributed by atoms with van der Waals surface area (Å²) in [4.78, 5) is 10.5. The Morgan fingerprint density at radius 3 is 2.62 bits per heavy atom. The molecule has 2 aromatic rings. The van der Waals surface area contributed by atoms with E-state index in [9.17, 15) is 14.5 Å². The zero-order valence-corrected chi connectivity index (χ0v) is 12.3. The Morgan fingerprint density at radius 1 is 1.33 bits per heavy atom. The number of nitro groups is 1. The minimum absolute atomic E-state index is 0.109. The lowest BCUT2D eigenvalue weighted by atomic mass is 10.0. The average molecular weight is 309 g/mol. The molecular formula is C15H14ClFN2O2. The second-order valence-corrected chi connectivity index (χ2v) is 5.17. The smallest absolute Gasteiger partial charge is 0.294 e. The Labute approximate surface area is 126 Å². The predicted octanol–water partition coefficient (Wildman–Crippen LogP) is 4.87. The highest BCUT2D eigenvalue weighted by Crippen LogP contribution is 2.33. The third-order valence-electron chi connectivity index (χ3n) is 3.26. The van der Waals surface area contributed by atoms with Crippen molar-refractivity contribution in [2.75, 3.05) is 5.32 Å². The van der Waals surface area contributed by atoms with Crippen molar-refractivity contribution < 1.29 is 9.31 Å². The van der Waals surface area contributed by atoms with E-state index in [4.69, 9.17) is 11.6 Å². The van der Waals surface area contributed by atoms with Crippen molar-refractivity contribution in [3.63, 3.8) is 0 Å². The second kappa shape index (κ2) is 6.10. The zero-order valence-electron chi connectivity index (χ0n) is 11.6.